The molecule has 1 saturated heterocycles. The van der Waals surface area contributed by atoms with Gasteiger partial charge in [0.1, 0.15) is 18.6 Å². The Morgan fingerprint density at radius 2 is 1.65 bits per heavy atom. The highest BCUT2D eigenvalue weighted by molar-refractivity contribution is 5.99. The van der Waals surface area contributed by atoms with Gasteiger partial charge in [-0.3, -0.25) is 19.2 Å². The minimum absolute atomic E-state index is 0.0802. The van der Waals surface area contributed by atoms with Gasteiger partial charge in [0.05, 0.1) is 13.0 Å². The molecule has 1 N–H and O–H groups in total. The third-order valence-electron chi connectivity index (χ3n) is 7.48. The van der Waals surface area contributed by atoms with Crippen molar-refractivity contribution in [2.75, 3.05) is 13.7 Å². The van der Waals surface area contributed by atoms with Crippen LogP contribution in [0.2, 0.25) is 0 Å². The smallest absolute Gasteiger partial charge is 0.357 e. The summed E-state index contributed by atoms with van der Waals surface area (Å²) in [6, 6.07) is 16.7. The van der Waals surface area contributed by atoms with Crippen LogP contribution in [0.4, 0.5) is 0 Å². The van der Waals surface area contributed by atoms with Crippen molar-refractivity contribution in [1.82, 2.24) is 10.3 Å². The zero-order valence-corrected chi connectivity index (χ0v) is 27.2. The number of aromatic nitrogens is 1. The van der Waals surface area contributed by atoms with E-state index in [1.54, 1.807) is 56.3 Å². The summed E-state index contributed by atoms with van der Waals surface area (Å²) in [5.41, 5.74) is 0.556. The molecule has 1 aliphatic heterocycles. The van der Waals surface area contributed by atoms with E-state index >= 15 is 0 Å². The first kappa shape index (κ1) is 36.1. The molecular weight excluding hydrogens is 640 g/mol. The quantitative estimate of drug-likeness (QED) is 0.168. The number of methoxy groups -OCH3 is 1. The molecule has 1 amide bonds. The second kappa shape index (κ2) is 16.9. The average molecular weight is 677 g/mol. The fourth-order valence-electron chi connectivity index (χ4n) is 4.94. The lowest BCUT2D eigenvalue weighted by Gasteiger charge is -2.29. The first-order chi connectivity index (χ1) is 23.5. The van der Waals surface area contributed by atoms with E-state index < -0.39 is 84.0 Å². The van der Waals surface area contributed by atoms with E-state index in [9.17, 15) is 28.8 Å². The van der Waals surface area contributed by atoms with Crippen LogP contribution in [-0.4, -0.2) is 73.2 Å². The van der Waals surface area contributed by atoms with Gasteiger partial charge in [0, 0.05) is 17.8 Å². The maximum atomic E-state index is 13.6. The summed E-state index contributed by atoms with van der Waals surface area (Å²) in [5.74, 6) is -6.60. The van der Waals surface area contributed by atoms with E-state index in [1.807, 2.05) is 6.07 Å². The van der Waals surface area contributed by atoms with Gasteiger partial charge >= 0.3 is 23.9 Å². The van der Waals surface area contributed by atoms with Crippen LogP contribution in [0, 0.1) is 11.8 Å². The Morgan fingerprint density at radius 3 is 2.29 bits per heavy atom. The van der Waals surface area contributed by atoms with Gasteiger partial charge in [0.15, 0.2) is 23.6 Å². The molecule has 2 aromatic carbocycles. The number of amides is 1. The second-order valence-corrected chi connectivity index (χ2v) is 11.3. The van der Waals surface area contributed by atoms with Gasteiger partial charge in [-0.05, 0) is 18.9 Å². The highest BCUT2D eigenvalue weighted by Crippen LogP contribution is 2.32. The Bertz CT molecular complexity index is 1650. The molecule has 3 aromatic rings. The fourth-order valence-corrected chi connectivity index (χ4v) is 4.94. The molecule has 2 heterocycles. The average Bonchev–Trinajstić information content (AvgIpc) is 3.13. The number of benzene rings is 2. The van der Waals surface area contributed by atoms with E-state index in [-0.39, 0.29) is 18.6 Å². The molecule has 1 fully saturated rings. The number of rotatable bonds is 12. The van der Waals surface area contributed by atoms with Crippen LogP contribution in [0.1, 0.15) is 48.5 Å². The zero-order chi connectivity index (χ0) is 35.5. The molecule has 0 spiro atoms. The number of cyclic esters (lactones) is 2. The third kappa shape index (κ3) is 9.18. The second-order valence-electron chi connectivity index (χ2n) is 11.3. The predicted octanol–water partition coefficient (Wildman–Crippen LogP) is 2.92. The molecule has 1 aliphatic rings. The zero-order valence-electron chi connectivity index (χ0n) is 27.2. The molecule has 4 rings (SSSR count). The van der Waals surface area contributed by atoms with Crippen LogP contribution in [0.5, 0.6) is 11.5 Å². The molecule has 0 bridgehead atoms. The number of carbonyl (C=O) groups excluding carboxylic acids is 6. The Kier molecular flexibility index (Phi) is 12.4. The van der Waals surface area contributed by atoms with Crippen LogP contribution < -0.4 is 14.8 Å². The van der Waals surface area contributed by atoms with Gasteiger partial charge in [0.25, 0.3) is 12.4 Å². The van der Waals surface area contributed by atoms with Crippen LogP contribution in [-0.2, 0) is 49.3 Å². The van der Waals surface area contributed by atoms with Gasteiger partial charge in [-0.2, -0.15) is 0 Å². The standard InChI is InChI=1S/C35H36N2O12/c1-20(2)32(40)48-28-21(3)47-34(42)25(18-45-33(41)24(28)17-22-11-7-5-8-12-22)37-31(39)27-30(26(44-4)15-16-36-27)49-35(43)29(46-19-38)23-13-9-6-10-14-23/h5-16,19-21,24-25,28-29H,17-18H2,1-4H3,(H,37,39)/t21-,24+,25-,28-,29-/m0/s1. The summed E-state index contributed by atoms with van der Waals surface area (Å²) in [4.78, 5) is 81.6. The summed E-state index contributed by atoms with van der Waals surface area (Å²) in [6.45, 7) is 4.15. The van der Waals surface area contributed by atoms with Gasteiger partial charge in [-0.25, -0.2) is 14.6 Å². The topological polar surface area (TPSA) is 183 Å². The molecule has 0 radical (unpaired) electrons. The number of carbonyl (C=O) groups is 6. The summed E-state index contributed by atoms with van der Waals surface area (Å²) < 4.78 is 32.6. The highest BCUT2D eigenvalue weighted by Gasteiger charge is 2.42. The molecule has 5 atom stereocenters. The van der Waals surface area contributed by atoms with Gasteiger partial charge in [-0.15, -0.1) is 0 Å². The van der Waals surface area contributed by atoms with Crippen LogP contribution in [0.25, 0.3) is 0 Å². The van der Waals surface area contributed by atoms with Crippen LogP contribution >= 0.6 is 0 Å². The Hall–Kier alpha value is -5.79. The first-order valence-electron chi connectivity index (χ1n) is 15.3. The number of hydrogen-bond acceptors (Lipinski definition) is 13. The minimum Gasteiger partial charge on any atom is -0.493 e. The normalized spacial score (nSPS) is 19.9. The largest absolute Gasteiger partial charge is 0.493 e. The third-order valence-corrected chi connectivity index (χ3v) is 7.48. The molecule has 0 unspecified atom stereocenters. The van der Waals surface area contributed by atoms with Crippen molar-refractivity contribution in [2.45, 2.75) is 51.5 Å². The highest BCUT2D eigenvalue weighted by atomic mass is 16.6. The molecule has 14 nitrogen and oxygen atoms in total. The van der Waals surface area contributed by atoms with Crippen molar-refractivity contribution in [3.05, 3.63) is 89.7 Å². The number of nitrogens with zero attached hydrogens (tertiary/aromatic N) is 1. The molecule has 49 heavy (non-hydrogen) atoms. The Morgan fingerprint density at radius 1 is 0.980 bits per heavy atom. The Balaban J connectivity index is 1.60. The molecule has 0 aliphatic carbocycles. The summed E-state index contributed by atoms with van der Waals surface area (Å²) in [6.07, 6.45) is -2.53. The Labute approximate surface area is 282 Å². The number of nitrogens with one attached hydrogen (secondary N) is 1. The van der Waals surface area contributed by atoms with Gasteiger partial charge in [-0.1, -0.05) is 74.5 Å². The molecule has 0 saturated carbocycles. The van der Waals surface area contributed by atoms with Crippen LogP contribution in [0.3, 0.4) is 0 Å². The minimum atomic E-state index is -1.55. The number of pyridine rings is 1. The van der Waals surface area contributed by atoms with Crippen molar-refractivity contribution < 1.29 is 57.2 Å². The molecule has 14 heteroatoms. The van der Waals surface area contributed by atoms with E-state index in [0.717, 1.165) is 5.56 Å². The van der Waals surface area contributed by atoms with Crippen molar-refractivity contribution in [3.8, 4) is 11.5 Å². The lowest BCUT2D eigenvalue weighted by molar-refractivity contribution is -0.176. The molecule has 258 valence electrons. The van der Waals surface area contributed by atoms with Crippen molar-refractivity contribution >= 4 is 36.3 Å². The lowest BCUT2D eigenvalue weighted by Crippen LogP contribution is -2.47. The van der Waals surface area contributed by atoms with Crippen molar-refractivity contribution in [2.24, 2.45) is 11.8 Å². The van der Waals surface area contributed by atoms with E-state index in [1.165, 1.54) is 38.4 Å². The van der Waals surface area contributed by atoms with Gasteiger partial charge in [0.2, 0.25) is 11.9 Å². The molecular formula is C35H36N2O12. The van der Waals surface area contributed by atoms with E-state index in [4.69, 9.17) is 28.4 Å². The maximum absolute atomic E-state index is 13.6. The first-order valence-corrected chi connectivity index (χ1v) is 15.3. The maximum Gasteiger partial charge on any atom is 0.357 e. The monoisotopic (exact) mass is 676 g/mol. The van der Waals surface area contributed by atoms with Crippen LogP contribution in [0.15, 0.2) is 72.9 Å². The number of ether oxygens (including phenoxy) is 6. The summed E-state index contributed by atoms with van der Waals surface area (Å²) in [7, 11) is 1.26. The van der Waals surface area contributed by atoms with E-state index in [0.29, 0.717) is 5.56 Å². The van der Waals surface area contributed by atoms with E-state index in [2.05, 4.69) is 10.3 Å². The fraction of sp³-hybridized carbons (Fsp3) is 0.343. The number of hydrogen-bond donors (Lipinski definition) is 1. The van der Waals surface area contributed by atoms with Gasteiger partial charge < -0.3 is 33.7 Å². The SMILES string of the molecule is COc1ccnc(C(=O)N[C@H]2COC(=O)[C@H](Cc3ccccc3)[C@@H](OC(=O)C(C)C)[C@H](C)OC2=O)c1OC(=O)[C@@H](OC=O)c1ccccc1. The summed E-state index contributed by atoms with van der Waals surface area (Å²) in [5, 5.41) is 2.42. The van der Waals surface area contributed by atoms with Crippen molar-refractivity contribution in [3.63, 3.8) is 0 Å². The lowest BCUT2D eigenvalue weighted by atomic mass is 9.91. The van der Waals surface area contributed by atoms with Crippen molar-refractivity contribution in [1.29, 1.82) is 0 Å². The predicted molar refractivity (Wildman–Crippen MR) is 169 cm³/mol. The summed E-state index contributed by atoms with van der Waals surface area (Å²) >= 11 is 0. The molecule has 1 aromatic heterocycles. The number of esters is 4.